The lowest BCUT2D eigenvalue weighted by molar-refractivity contribution is -0.123. The van der Waals surface area contributed by atoms with Gasteiger partial charge in [0.25, 0.3) is 11.8 Å². The molecule has 2 aromatic carbocycles. The summed E-state index contributed by atoms with van der Waals surface area (Å²) in [4.78, 5) is 28.0. The van der Waals surface area contributed by atoms with E-state index in [4.69, 9.17) is 4.42 Å². The third-order valence-electron chi connectivity index (χ3n) is 4.53. The molecule has 1 atom stereocenters. The van der Waals surface area contributed by atoms with Gasteiger partial charge in [-0.3, -0.25) is 14.5 Å². The number of hydrogen-bond acceptors (Lipinski definition) is 6. The lowest BCUT2D eigenvalue weighted by atomic mass is 10.1. The highest BCUT2D eigenvalue weighted by Gasteiger charge is 2.36. The number of aromatic nitrogens is 2. The van der Waals surface area contributed by atoms with Crippen LogP contribution in [0.4, 0.5) is 10.1 Å². The molecule has 0 fully saturated rings. The lowest BCUT2D eigenvalue weighted by Crippen LogP contribution is -2.44. The predicted molar refractivity (Wildman–Crippen MR) is 113 cm³/mol. The Kier molecular flexibility index (Phi) is 6.13. The lowest BCUT2D eigenvalue weighted by Gasteiger charge is -2.29. The fraction of sp³-hybridized carbons (Fsp3) is 0.0909. The molecule has 4 rings (SSSR count). The van der Waals surface area contributed by atoms with E-state index in [1.807, 2.05) is 6.07 Å². The number of carbonyl (C=O) groups is 2. The van der Waals surface area contributed by atoms with Crippen molar-refractivity contribution in [2.24, 2.45) is 0 Å². The first-order valence-electron chi connectivity index (χ1n) is 9.34. The van der Waals surface area contributed by atoms with Gasteiger partial charge in [-0.1, -0.05) is 34.8 Å². The smallest absolute Gasteiger partial charge is 0.280 e. The van der Waals surface area contributed by atoms with Crippen molar-refractivity contribution < 1.29 is 18.4 Å². The maximum Gasteiger partial charge on any atom is 0.280 e. The van der Waals surface area contributed by atoms with Gasteiger partial charge in [-0.2, -0.15) is 0 Å². The second kappa shape index (κ2) is 9.31. The Labute approximate surface area is 181 Å². The Morgan fingerprint density at radius 1 is 1.06 bits per heavy atom. The minimum Gasteiger partial charge on any atom is -0.467 e. The molecular weight excluding hydrogens is 419 g/mol. The first-order valence-corrected chi connectivity index (χ1v) is 10.2. The molecule has 0 spiro atoms. The van der Waals surface area contributed by atoms with Gasteiger partial charge in [0.15, 0.2) is 11.7 Å². The zero-order valence-electron chi connectivity index (χ0n) is 16.1. The zero-order chi connectivity index (χ0) is 21.6. The van der Waals surface area contributed by atoms with Crippen LogP contribution in [0.1, 0.15) is 27.9 Å². The van der Waals surface area contributed by atoms with Gasteiger partial charge >= 0.3 is 0 Å². The molecule has 2 amide bonds. The van der Waals surface area contributed by atoms with Crippen LogP contribution in [0.2, 0.25) is 0 Å². The Morgan fingerprint density at radius 2 is 1.84 bits per heavy atom. The zero-order valence-corrected chi connectivity index (χ0v) is 17.0. The van der Waals surface area contributed by atoms with E-state index in [1.54, 1.807) is 48.5 Å². The van der Waals surface area contributed by atoms with Gasteiger partial charge < -0.3 is 9.73 Å². The Balaban J connectivity index is 1.68. The van der Waals surface area contributed by atoms with Gasteiger partial charge in [-0.25, -0.2) is 4.39 Å². The van der Waals surface area contributed by atoms with Crippen molar-refractivity contribution in [2.45, 2.75) is 12.6 Å². The minimum atomic E-state index is -1.09. The van der Waals surface area contributed by atoms with Crippen molar-refractivity contribution in [3.05, 3.63) is 101 Å². The minimum absolute atomic E-state index is 0.122. The number of nitrogens with one attached hydrogen (secondary N) is 1. The van der Waals surface area contributed by atoms with Crippen LogP contribution in [0.5, 0.6) is 0 Å². The van der Waals surface area contributed by atoms with Crippen LogP contribution >= 0.6 is 11.5 Å². The summed E-state index contributed by atoms with van der Waals surface area (Å²) >= 11 is 1.04. The maximum atomic E-state index is 13.3. The van der Waals surface area contributed by atoms with E-state index < -0.39 is 17.9 Å². The highest BCUT2D eigenvalue weighted by molar-refractivity contribution is 7.03. The van der Waals surface area contributed by atoms with E-state index in [-0.39, 0.29) is 23.8 Å². The molecule has 2 aromatic heterocycles. The van der Waals surface area contributed by atoms with Crippen molar-refractivity contribution in [3.63, 3.8) is 0 Å². The summed E-state index contributed by atoms with van der Waals surface area (Å²) < 4.78 is 22.4. The standard InChI is InChI=1S/C22H17FN4O3S/c23-16-10-8-15(9-11-16)13-24-21(28)20(19-7-4-12-30-19)27(17-5-2-1-3-6-17)22(29)18-14-31-26-25-18/h1-12,14,20H,13H2,(H,24,28)/t20-/m0/s1. The molecule has 0 saturated heterocycles. The van der Waals surface area contributed by atoms with Gasteiger partial charge in [-0.15, -0.1) is 5.10 Å². The number of benzene rings is 2. The summed E-state index contributed by atoms with van der Waals surface area (Å²) in [6.07, 6.45) is 1.44. The molecule has 0 unspecified atom stereocenters. The van der Waals surface area contributed by atoms with Crippen LogP contribution in [-0.2, 0) is 11.3 Å². The SMILES string of the molecule is O=C(NCc1ccc(F)cc1)[C@H](c1ccco1)N(C(=O)c1csnn1)c1ccccc1. The summed E-state index contributed by atoms with van der Waals surface area (Å²) in [7, 11) is 0. The molecule has 0 radical (unpaired) electrons. The van der Waals surface area contributed by atoms with Crippen LogP contribution in [0, 0.1) is 5.82 Å². The number of furan rings is 1. The van der Waals surface area contributed by atoms with Crippen molar-refractivity contribution in [3.8, 4) is 0 Å². The van der Waals surface area contributed by atoms with E-state index in [0.717, 1.165) is 11.5 Å². The normalized spacial score (nSPS) is 11.6. The molecule has 0 aliphatic carbocycles. The van der Waals surface area contributed by atoms with E-state index in [0.29, 0.717) is 11.3 Å². The van der Waals surface area contributed by atoms with Crippen molar-refractivity contribution >= 4 is 29.0 Å². The Hall–Kier alpha value is -3.85. The quantitative estimate of drug-likeness (QED) is 0.474. The van der Waals surface area contributed by atoms with E-state index >= 15 is 0 Å². The molecule has 0 saturated carbocycles. The van der Waals surface area contributed by atoms with E-state index in [9.17, 15) is 14.0 Å². The van der Waals surface area contributed by atoms with Gasteiger partial charge in [-0.05, 0) is 53.5 Å². The van der Waals surface area contributed by atoms with Crippen LogP contribution in [-0.4, -0.2) is 21.4 Å². The van der Waals surface area contributed by atoms with Gasteiger partial charge in [0, 0.05) is 17.6 Å². The van der Waals surface area contributed by atoms with Gasteiger partial charge in [0.2, 0.25) is 0 Å². The third kappa shape index (κ3) is 4.67. The molecule has 0 aliphatic heterocycles. The highest BCUT2D eigenvalue weighted by Crippen LogP contribution is 2.30. The molecule has 2 heterocycles. The number of anilines is 1. The number of amides is 2. The number of nitrogens with zero attached hydrogens (tertiary/aromatic N) is 3. The van der Waals surface area contributed by atoms with Crippen LogP contribution in [0.3, 0.4) is 0 Å². The molecular formula is C22H17FN4O3S. The second-order valence-electron chi connectivity index (χ2n) is 6.56. The molecule has 0 bridgehead atoms. The van der Waals surface area contributed by atoms with Crippen LogP contribution in [0.25, 0.3) is 0 Å². The summed E-state index contributed by atoms with van der Waals surface area (Å²) in [5, 5.41) is 8.20. The van der Waals surface area contributed by atoms with E-state index in [2.05, 4.69) is 14.9 Å². The average molecular weight is 436 g/mol. The molecule has 4 aromatic rings. The Morgan fingerprint density at radius 3 is 2.48 bits per heavy atom. The van der Waals surface area contributed by atoms with E-state index in [1.165, 1.54) is 28.7 Å². The number of carbonyl (C=O) groups excluding carboxylic acids is 2. The van der Waals surface area contributed by atoms with Crippen LogP contribution in [0.15, 0.2) is 82.8 Å². The topological polar surface area (TPSA) is 88.3 Å². The van der Waals surface area contributed by atoms with Gasteiger partial charge in [0.05, 0.1) is 6.26 Å². The Bertz CT molecular complexity index is 1130. The van der Waals surface area contributed by atoms with Crippen LogP contribution < -0.4 is 10.2 Å². The van der Waals surface area contributed by atoms with Crippen molar-refractivity contribution in [1.82, 2.24) is 14.9 Å². The number of para-hydroxylation sites is 1. The number of hydrogen-bond donors (Lipinski definition) is 1. The molecule has 9 heteroatoms. The first-order chi connectivity index (χ1) is 15.1. The molecule has 0 aliphatic rings. The first kappa shape index (κ1) is 20.4. The molecule has 1 N–H and O–H groups in total. The molecule has 31 heavy (non-hydrogen) atoms. The highest BCUT2D eigenvalue weighted by atomic mass is 32.1. The largest absolute Gasteiger partial charge is 0.467 e. The molecule has 7 nitrogen and oxygen atoms in total. The summed E-state index contributed by atoms with van der Waals surface area (Å²) in [5.74, 6) is -1.02. The van der Waals surface area contributed by atoms with Crippen molar-refractivity contribution in [2.75, 3.05) is 4.90 Å². The molecule has 156 valence electrons. The fourth-order valence-corrected chi connectivity index (χ4v) is 3.49. The summed E-state index contributed by atoms with van der Waals surface area (Å²) in [5.41, 5.74) is 1.34. The second-order valence-corrected chi connectivity index (χ2v) is 7.17. The third-order valence-corrected chi connectivity index (χ3v) is 5.04. The number of rotatable bonds is 7. The fourth-order valence-electron chi connectivity index (χ4n) is 3.06. The summed E-state index contributed by atoms with van der Waals surface area (Å²) in [6.45, 7) is 0.158. The average Bonchev–Trinajstić information content (AvgIpc) is 3.51. The van der Waals surface area contributed by atoms with Crippen molar-refractivity contribution in [1.29, 1.82) is 0 Å². The summed E-state index contributed by atoms with van der Waals surface area (Å²) in [6, 6.07) is 16.8. The van der Waals surface area contributed by atoms with Gasteiger partial charge in [0.1, 0.15) is 11.6 Å². The maximum absolute atomic E-state index is 13.3. The monoisotopic (exact) mass is 436 g/mol. The number of halogens is 1. The predicted octanol–water partition coefficient (Wildman–Crippen LogP) is 3.97.